The molecule has 0 aliphatic heterocycles. The number of halogens is 2. The molecule has 0 heterocycles. The van der Waals surface area contributed by atoms with Crippen LogP contribution < -0.4 is 5.73 Å². The van der Waals surface area contributed by atoms with E-state index >= 15 is 0 Å². The number of ketones is 1. The van der Waals surface area contributed by atoms with Gasteiger partial charge in [-0.05, 0) is 24.6 Å². The Balaban J connectivity index is 2.65. The van der Waals surface area contributed by atoms with Crippen molar-refractivity contribution in [2.75, 3.05) is 0 Å². The third kappa shape index (κ3) is 3.98. The molecule has 2 N–H and O–H groups in total. The maximum Gasteiger partial charge on any atom is 0.141 e. The van der Waals surface area contributed by atoms with Gasteiger partial charge in [-0.25, -0.2) is 4.39 Å². The number of hydrogen-bond acceptors (Lipinski definition) is 2. The van der Waals surface area contributed by atoms with E-state index in [0.717, 1.165) is 0 Å². The number of Topliss-reactive ketones (excluding diaryl/α,β-unsaturated/α-hetero) is 1. The molecule has 1 aromatic carbocycles. The first kappa shape index (κ1) is 12.1. The van der Waals surface area contributed by atoms with Crippen molar-refractivity contribution in [3.05, 3.63) is 34.6 Å². The van der Waals surface area contributed by atoms with Gasteiger partial charge in [-0.1, -0.05) is 17.7 Å². The smallest absolute Gasteiger partial charge is 0.141 e. The molecule has 1 atom stereocenters. The molecular formula is C11H13ClFNO. The lowest BCUT2D eigenvalue weighted by Crippen LogP contribution is -2.20. The molecule has 0 amide bonds. The van der Waals surface area contributed by atoms with Crippen LogP contribution in [-0.4, -0.2) is 11.8 Å². The quantitative estimate of drug-likeness (QED) is 0.861. The van der Waals surface area contributed by atoms with Gasteiger partial charge in [0.05, 0.1) is 5.02 Å². The first-order chi connectivity index (χ1) is 6.99. The molecule has 0 aliphatic rings. The van der Waals surface area contributed by atoms with E-state index in [1.165, 1.54) is 12.1 Å². The summed E-state index contributed by atoms with van der Waals surface area (Å²) in [6.07, 6.45) is 0.580. The van der Waals surface area contributed by atoms with E-state index in [9.17, 15) is 9.18 Å². The minimum Gasteiger partial charge on any atom is -0.328 e. The fourth-order valence-corrected chi connectivity index (χ4v) is 1.51. The largest absolute Gasteiger partial charge is 0.328 e. The summed E-state index contributed by atoms with van der Waals surface area (Å²) in [6, 6.07) is 4.14. The second kappa shape index (κ2) is 5.24. The molecule has 4 heteroatoms. The fraction of sp³-hybridized carbons (Fsp3) is 0.364. The van der Waals surface area contributed by atoms with Crippen LogP contribution >= 0.6 is 11.6 Å². The van der Waals surface area contributed by atoms with Gasteiger partial charge in [0.1, 0.15) is 11.6 Å². The molecule has 82 valence electrons. The molecule has 0 aromatic heterocycles. The summed E-state index contributed by atoms with van der Waals surface area (Å²) in [4.78, 5) is 11.4. The van der Waals surface area contributed by atoms with Crippen molar-refractivity contribution in [1.82, 2.24) is 0 Å². The van der Waals surface area contributed by atoms with Gasteiger partial charge in [0, 0.05) is 18.9 Å². The number of rotatable bonds is 4. The SMILES string of the molecule is CC(N)CC(=O)Cc1ccc(F)c(Cl)c1. The molecule has 0 spiro atoms. The van der Waals surface area contributed by atoms with E-state index in [1.807, 2.05) is 0 Å². The van der Waals surface area contributed by atoms with E-state index in [2.05, 4.69) is 0 Å². The highest BCUT2D eigenvalue weighted by Crippen LogP contribution is 2.16. The lowest BCUT2D eigenvalue weighted by Gasteiger charge is -2.04. The van der Waals surface area contributed by atoms with E-state index in [4.69, 9.17) is 17.3 Å². The third-order valence-electron chi connectivity index (χ3n) is 1.93. The van der Waals surface area contributed by atoms with Gasteiger partial charge in [0.2, 0.25) is 0 Å². The minimum atomic E-state index is -0.472. The van der Waals surface area contributed by atoms with Crippen molar-refractivity contribution >= 4 is 17.4 Å². The summed E-state index contributed by atoms with van der Waals surface area (Å²) in [5.41, 5.74) is 6.21. The Hall–Kier alpha value is -0.930. The third-order valence-corrected chi connectivity index (χ3v) is 2.22. The highest BCUT2D eigenvalue weighted by atomic mass is 35.5. The summed E-state index contributed by atoms with van der Waals surface area (Å²) in [5, 5.41) is 0.0427. The zero-order chi connectivity index (χ0) is 11.4. The zero-order valence-corrected chi connectivity index (χ0v) is 9.22. The zero-order valence-electron chi connectivity index (χ0n) is 8.47. The van der Waals surface area contributed by atoms with Crippen LogP contribution in [0.3, 0.4) is 0 Å². The summed E-state index contributed by atoms with van der Waals surface area (Å²) in [6.45, 7) is 1.77. The van der Waals surface area contributed by atoms with Crippen LogP contribution in [0.1, 0.15) is 18.9 Å². The number of carbonyl (C=O) groups excluding carboxylic acids is 1. The van der Waals surface area contributed by atoms with E-state index < -0.39 is 5.82 Å². The summed E-state index contributed by atoms with van der Waals surface area (Å²) < 4.78 is 12.8. The van der Waals surface area contributed by atoms with Gasteiger partial charge in [-0.3, -0.25) is 4.79 Å². The molecule has 0 radical (unpaired) electrons. The van der Waals surface area contributed by atoms with Crippen molar-refractivity contribution in [2.45, 2.75) is 25.8 Å². The first-order valence-electron chi connectivity index (χ1n) is 4.70. The second-order valence-corrected chi connectivity index (χ2v) is 4.05. The standard InChI is InChI=1S/C11H13ClFNO/c1-7(14)4-9(15)5-8-2-3-11(13)10(12)6-8/h2-3,6-7H,4-5,14H2,1H3. The lowest BCUT2D eigenvalue weighted by molar-refractivity contribution is -0.118. The molecule has 0 bridgehead atoms. The van der Waals surface area contributed by atoms with Gasteiger partial charge >= 0.3 is 0 Å². The van der Waals surface area contributed by atoms with Crippen molar-refractivity contribution in [3.8, 4) is 0 Å². The number of carbonyl (C=O) groups is 1. The Morgan fingerprint density at radius 3 is 2.80 bits per heavy atom. The molecular weight excluding hydrogens is 217 g/mol. The van der Waals surface area contributed by atoms with Gasteiger partial charge in [0.15, 0.2) is 0 Å². The Kier molecular flexibility index (Phi) is 4.24. The summed E-state index contributed by atoms with van der Waals surface area (Å²) in [5.74, 6) is -0.437. The average Bonchev–Trinajstić information content (AvgIpc) is 2.10. The predicted octanol–water partition coefficient (Wildman–Crippen LogP) is 2.33. The van der Waals surface area contributed by atoms with E-state index in [0.29, 0.717) is 12.0 Å². The van der Waals surface area contributed by atoms with E-state index in [-0.39, 0.29) is 23.3 Å². The van der Waals surface area contributed by atoms with Crippen LogP contribution in [0.4, 0.5) is 4.39 Å². The van der Waals surface area contributed by atoms with Gasteiger partial charge in [0.25, 0.3) is 0 Å². The van der Waals surface area contributed by atoms with Crippen molar-refractivity contribution in [1.29, 1.82) is 0 Å². The van der Waals surface area contributed by atoms with Crippen LogP contribution in [0.2, 0.25) is 5.02 Å². The molecule has 1 aromatic rings. The normalized spacial score (nSPS) is 12.5. The van der Waals surface area contributed by atoms with Crippen molar-refractivity contribution in [3.63, 3.8) is 0 Å². The molecule has 0 aliphatic carbocycles. The highest BCUT2D eigenvalue weighted by Gasteiger charge is 2.08. The monoisotopic (exact) mass is 229 g/mol. The van der Waals surface area contributed by atoms with Gasteiger partial charge in [-0.2, -0.15) is 0 Å². The molecule has 0 fully saturated rings. The average molecular weight is 230 g/mol. The number of benzene rings is 1. The maximum atomic E-state index is 12.8. The summed E-state index contributed by atoms with van der Waals surface area (Å²) in [7, 11) is 0. The Morgan fingerprint density at radius 2 is 2.27 bits per heavy atom. The molecule has 2 nitrogen and oxygen atoms in total. The fourth-order valence-electron chi connectivity index (χ4n) is 1.31. The predicted molar refractivity (Wildman–Crippen MR) is 58.4 cm³/mol. The van der Waals surface area contributed by atoms with Crippen molar-refractivity contribution in [2.24, 2.45) is 5.73 Å². The number of nitrogens with two attached hydrogens (primary N) is 1. The molecule has 1 unspecified atom stereocenters. The molecule has 0 saturated heterocycles. The Bertz CT molecular complexity index is 366. The van der Waals surface area contributed by atoms with Crippen LogP contribution in [0, 0.1) is 5.82 Å². The van der Waals surface area contributed by atoms with Crippen LogP contribution in [0.25, 0.3) is 0 Å². The second-order valence-electron chi connectivity index (χ2n) is 3.65. The van der Waals surface area contributed by atoms with Crippen LogP contribution in [0.15, 0.2) is 18.2 Å². The highest BCUT2D eigenvalue weighted by molar-refractivity contribution is 6.30. The topological polar surface area (TPSA) is 43.1 Å². The Morgan fingerprint density at radius 1 is 1.60 bits per heavy atom. The Labute approximate surface area is 93.2 Å². The van der Waals surface area contributed by atoms with Crippen LogP contribution in [-0.2, 0) is 11.2 Å². The minimum absolute atomic E-state index is 0.0349. The van der Waals surface area contributed by atoms with Crippen LogP contribution in [0.5, 0.6) is 0 Å². The first-order valence-corrected chi connectivity index (χ1v) is 5.08. The molecule has 15 heavy (non-hydrogen) atoms. The summed E-state index contributed by atoms with van der Waals surface area (Å²) >= 11 is 5.59. The van der Waals surface area contributed by atoms with E-state index in [1.54, 1.807) is 13.0 Å². The van der Waals surface area contributed by atoms with Gasteiger partial charge < -0.3 is 5.73 Å². The number of hydrogen-bond donors (Lipinski definition) is 1. The molecule has 1 rings (SSSR count). The lowest BCUT2D eigenvalue weighted by atomic mass is 10.0. The maximum absolute atomic E-state index is 12.8. The van der Waals surface area contributed by atoms with Crippen molar-refractivity contribution < 1.29 is 9.18 Å². The molecule has 0 saturated carbocycles. The van der Waals surface area contributed by atoms with Gasteiger partial charge in [-0.15, -0.1) is 0 Å².